The van der Waals surface area contributed by atoms with Gasteiger partial charge in [0.05, 0.1) is 7.11 Å². The molecule has 0 unspecified atom stereocenters. The lowest BCUT2D eigenvalue weighted by molar-refractivity contribution is 0.308. The molecular formula is C28H33FO. The number of fused-ring (bicyclic) bond motifs is 1. The van der Waals surface area contributed by atoms with Gasteiger partial charge in [0.2, 0.25) is 0 Å². The van der Waals surface area contributed by atoms with Crippen LogP contribution >= 0.6 is 0 Å². The molecular weight excluding hydrogens is 371 g/mol. The van der Waals surface area contributed by atoms with Crippen LogP contribution in [0.4, 0.5) is 4.39 Å². The fraction of sp³-hybridized carbons (Fsp3) is 0.429. The Balaban J connectivity index is 1.38. The lowest BCUT2D eigenvalue weighted by Crippen LogP contribution is -2.13. The van der Waals surface area contributed by atoms with Crippen molar-refractivity contribution in [3.05, 3.63) is 77.1 Å². The quantitative estimate of drug-likeness (QED) is 0.389. The van der Waals surface area contributed by atoms with Gasteiger partial charge in [0.25, 0.3) is 0 Å². The fourth-order valence-corrected chi connectivity index (χ4v) is 5.06. The highest BCUT2D eigenvalue weighted by Gasteiger charge is 2.21. The maximum Gasteiger partial charge on any atom is 0.134 e. The average molecular weight is 405 g/mol. The van der Waals surface area contributed by atoms with E-state index in [-0.39, 0.29) is 5.82 Å². The Bertz CT molecular complexity index is 968. The SMILES string of the molecule is CCCC1CCC(c2ccc(CCc3ccc4cc(OC)ccc4c3F)cc2)CC1. The van der Waals surface area contributed by atoms with Gasteiger partial charge in [0, 0.05) is 5.39 Å². The van der Waals surface area contributed by atoms with E-state index in [1.54, 1.807) is 7.11 Å². The van der Waals surface area contributed by atoms with Gasteiger partial charge in [0.1, 0.15) is 11.6 Å². The predicted octanol–water partition coefficient (Wildman–Crippen LogP) is 7.85. The number of aryl methyl sites for hydroxylation is 2. The smallest absolute Gasteiger partial charge is 0.134 e. The molecule has 4 rings (SSSR count). The summed E-state index contributed by atoms with van der Waals surface area (Å²) in [6, 6.07) is 18.5. The van der Waals surface area contributed by atoms with Crippen LogP contribution in [-0.2, 0) is 12.8 Å². The summed E-state index contributed by atoms with van der Waals surface area (Å²) < 4.78 is 20.2. The summed E-state index contributed by atoms with van der Waals surface area (Å²) >= 11 is 0. The number of methoxy groups -OCH3 is 1. The van der Waals surface area contributed by atoms with Gasteiger partial charge < -0.3 is 4.74 Å². The molecule has 1 aliphatic rings. The third-order valence-corrected chi connectivity index (χ3v) is 6.92. The summed E-state index contributed by atoms with van der Waals surface area (Å²) in [6.07, 6.45) is 9.72. The van der Waals surface area contributed by atoms with Crippen LogP contribution < -0.4 is 4.74 Å². The second-order valence-corrected chi connectivity index (χ2v) is 8.87. The van der Waals surface area contributed by atoms with Crippen molar-refractivity contribution in [1.82, 2.24) is 0 Å². The molecule has 1 nitrogen and oxygen atoms in total. The van der Waals surface area contributed by atoms with E-state index in [1.807, 2.05) is 30.3 Å². The highest BCUT2D eigenvalue weighted by Crippen LogP contribution is 2.37. The average Bonchev–Trinajstić information content (AvgIpc) is 2.79. The van der Waals surface area contributed by atoms with E-state index in [2.05, 4.69) is 31.2 Å². The highest BCUT2D eigenvalue weighted by molar-refractivity contribution is 5.85. The molecule has 0 heterocycles. The van der Waals surface area contributed by atoms with E-state index in [4.69, 9.17) is 4.74 Å². The van der Waals surface area contributed by atoms with Crippen molar-refractivity contribution in [1.29, 1.82) is 0 Å². The lowest BCUT2D eigenvalue weighted by atomic mass is 9.77. The fourth-order valence-electron chi connectivity index (χ4n) is 5.06. The molecule has 30 heavy (non-hydrogen) atoms. The van der Waals surface area contributed by atoms with Crippen molar-refractivity contribution < 1.29 is 9.13 Å². The third kappa shape index (κ3) is 4.69. The maximum atomic E-state index is 15.0. The number of hydrogen-bond donors (Lipinski definition) is 0. The first-order chi connectivity index (χ1) is 14.7. The molecule has 0 bridgehead atoms. The van der Waals surface area contributed by atoms with E-state index in [1.165, 1.54) is 49.7 Å². The number of rotatable bonds is 7. The zero-order valence-corrected chi connectivity index (χ0v) is 18.3. The van der Waals surface area contributed by atoms with Crippen LogP contribution in [0.15, 0.2) is 54.6 Å². The molecule has 0 N–H and O–H groups in total. The van der Waals surface area contributed by atoms with Crippen LogP contribution in [0, 0.1) is 11.7 Å². The van der Waals surface area contributed by atoms with E-state index in [0.717, 1.165) is 41.4 Å². The molecule has 3 aromatic carbocycles. The van der Waals surface area contributed by atoms with Gasteiger partial charge in [-0.2, -0.15) is 0 Å². The second kappa shape index (κ2) is 9.64. The molecule has 0 spiro atoms. The van der Waals surface area contributed by atoms with Crippen molar-refractivity contribution in [3.63, 3.8) is 0 Å². The Labute approximate surface area is 180 Å². The van der Waals surface area contributed by atoms with Crippen molar-refractivity contribution in [2.24, 2.45) is 5.92 Å². The molecule has 0 atom stereocenters. The minimum absolute atomic E-state index is 0.101. The van der Waals surface area contributed by atoms with Crippen LogP contribution in [0.2, 0.25) is 0 Å². The summed E-state index contributed by atoms with van der Waals surface area (Å²) in [6.45, 7) is 2.30. The number of halogens is 1. The van der Waals surface area contributed by atoms with Crippen molar-refractivity contribution in [3.8, 4) is 5.75 Å². The summed E-state index contributed by atoms with van der Waals surface area (Å²) in [5, 5.41) is 1.55. The van der Waals surface area contributed by atoms with Crippen LogP contribution in [0.1, 0.15) is 68.1 Å². The summed E-state index contributed by atoms with van der Waals surface area (Å²) in [7, 11) is 1.63. The topological polar surface area (TPSA) is 9.23 Å². The monoisotopic (exact) mass is 404 g/mol. The Hall–Kier alpha value is -2.35. The molecule has 1 aliphatic carbocycles. The third-order valence-electron chi connectivity index (χ3n) is 6.92. The Kier molecular flexibility index (Phi) is 6.72. The van der Waals surface area contributed by atoms with E-state index < -0.39 is 0 Å². The molecule has 0 aromatic heterocycles. The van der Waals surface area contributed by atoms with Gasteiger partial charge in [-0.05, 0) is 90.6 Å². The molecule has 2 heteroatoms. The standard InChI is InChI=1S/C28H33FO/c1-3-4-20-5-10-22(11-6-20)23-12-7-21(8-13-23)9-14-24-15-16-25-19-26(30-2)17-18-27(25)28(24)29/h7-8,12-13,15-20,22H,3-6,9-11,14H2,1-2H3. The van der Waals surface area contributed by atoms with Gasteiger partial charge in [-0.15, -0.1) is 0 Å². The first-order valence-electron chi connectivity index (χ1n) is 11.5. The van der Waals surface area contributed by atoms with Gasteiger partial charge in [-0.1, -0.05) is 56.2 Å². The molecule has 3 aromatic rings. The zero-order valence-electron chi connectivity index (χ0n) is 18.3. The molecule has 0 aliphatic heterocycles. The van der Waals surface area contributed by atoms with Gasteiger partial charge in [-0.25, -0.2) is 4.39 Å². The van der Waals surface area contributed by atoms with Gasteiger partial charge >= 0.3 is 0 Å². The molecule has 1 fully saturated rings. The molecule has 158 valence electrons. The Morgan fingerprint density at radius 3 is 2.37 bits per heavy atom. The van der Waals surface area contributed by atoms with Crippen molar-refractivity contribution in [2.75, 3.05) is 7.11 Å². The van der Waals surface area contributed by atoms with Crippen molar-refractivity contribution in [2.45, 2.75) is 64.2 Å². The minimum Gasteiger partial charge on any atom is -0.497 e. The van der Waals surface area contributed by atoms with E-state index in [0.29, 0.717) is 5.39 Å². The number of hydrogen-bond acceptors (Lipinski definition) is 1. The minimum atomic E-state index is -0.101. The lowest BCUT2D eigenvalue weighted by Gasteiger charge is -2.28. The maximum absolute atomic E-state index is 15.0. The van der Waals surface area contributed by atoms with E-state index in [9.17, 15) is 4.39 Å². The van der Waals surface area contributed by atoms with Gasteiger partial charge in [-0.3, -0.25) is 0 Å². The number of benzene rings is 3. The summed E-state index contributed by atoms with van der Waals surface area (Å²) in [5.74, 6) is 2.33. The first kappa shape index (κ1) is 20.9. The zero-order chi connectivity index (χ0) is 20.9. The van der Waals surface area contributed by atoms with Gasteiger partial charge in [0.15, 0.2) is 0 Å². The summed E-state index contributed by atoms with van der Waals surface area (Å²) in [5.41, 5.74) is 3.55. The largest absolute Gasteiger partial charge is 0.497 e. The van der Waals surface area contributed by atoms with Crippen LogP contribution in [0.3, 0.4) is 0 Å². The van der Waals surface area contributed by atoms with Crippen molar-refractivity contribution >= 4 is 10.8 Å². The molecule has 1 saturated carbocycles. The number of ether oxygens (including phenoxy) is 1. The first-order valence-corrected chi connectivity index (χ1v) is 11.5. The van der Waals surface area contributed by atoms with Crippen LogP contribution in [0.5, 0.6) is 5.75 Å². The van der Waals surface area contributed by atoms with Crippen LogP contribution in [0.25, 0.3) is 10.8 Å². The Morgan fingerprint density at radius 1 is 0.900 bits per heavy atom. The predicted molar refractivity (Wildman–Crippen MR) is 124 cm³/mol. The van der Waals surface area contributed by atoms with E-state index >= 15 is 0 Å². The molecule has 0 amide bonds. The molecule has 0 radical (unpaired) electrons. The summed E-state index contributed by atoms with van der Waals surface area (Å²) in [4.78, 5) is 0. The normalized spacial score (nSPS) is 19.2. The molecule has 0 saturated heterocycles. The Morgan fingerprint density at radius 2 is 1.67 bits per heavy atom. The highest BCUT2D eigenvalue weighted by atomic mass is 19.1. The second-order valence-electron chi connectivity index (χ2n) is 8.87. The van der Waals surface area contributed by atoms with Crippen LogP contribution in [-0.4, -0.2) is 7.11 Å².